The van der Waals surface area contributed by atoms with Crippen LogP contribution >= 0.6 is 0 Å². The molecular weight excluding hydrogens is 646 g/mol. The molecular formula is C32H34F6N6O4. The molecule has 1 aromatic heterocycles. The molecule has 48 heavy (non-hydrogen) atoms. The fraction of sp³-hybridized carbons (Fsp3) is 0.406. The molecule has 1 aliphatic heterocycles. The van der Waals surface area contributed by atoms with E-state index in [-0.39, 0.29) is 0 Å². The Bertz CT molecular complexity index is 1490. The van der Waals surface area contributed by atoms with Crippen LogP contribution in [-0.2, 0) is 9.59 Å². The van der Waals surface area contributed by atoms with Crippen molar-refractivity contribution in [2.45, 2.75) is 69.0 Å². The number of carboxylic acids is 2. The third-order valence-electron chi connectivity index (χ3n) is 7.52. The number of rotatable bonds is 6. The highest BCUT2D eigenvalue weighted by Gasteiger charge is 2.39. The number of hydrogen-bond acceptors (Lipinski definition) is 8. The lowest BCUT2D eigenvalue weighted by molar-refractivity contribution is -0.193. The average molecular weight is 681 g/mol. The maximum atomic E-state index is 10.6. The fourth-order valence-electron chi connectivity index (χ4n) is 5.26. The van der Waals surface area contributed by atoms with Gasteiger partial charge in [-0.1, -0.05) is 43.2 Å². The van der Waals surface area contributed by atoms with Crippen molar-refractivity contribution in [1.29, 1.82) is 5.26 Å². The first-order valence-corrected chi connectivity index (χ1v) is 14.9. The van der Waals surface area contributed by atoms with Gasteiger partial charge in [0.2, 0.25) is 5.95 Å². The molecule has 258 valence electrons. The van der Waals surface area contributed by atoms with Crippen molar-refractivity contribution in [3.8, 4) is 17.3 Å². The summed E-state index contributed by atoms with van der Waals surface area (Å²) in [6, 6.07) is 23.6. The lowest BCUT2D eigenvalue weighted by atomic mass is 9.89. The van der Waals surface area contributed by atoms with E-state index >= 15 is 0 Å². The van der Waals surface area contributed by atoms with Gasteiger partial charge in [0.15, 0.2) is 0 Å². The Hall–Kier alpha value is -4.91. The molecule has 1 saturated heterocycles. The number of carbonyl (C=O) groups is 2. The second-order valence-corrected chi connectivity index (χ2v) is 11.0. The van der Waals surface area contributed by atoms with Crippen LogP contribution in [0.4, 0.5) is 38.0 Å². The highest BCUT2D eigenvalue weighted by atomic mass is 19.4. The van der Waals surface area contributed by atoms with E-state index in [2.05, 4.69) is 50.9 Å². The smallest absolute Gasteiger partial charge is 0.475 e. The molecule has 3 aromatic rings. The first-order chi connectivity index (χ1) is 22.7. The number of piperidine rings is 1. The number of anilines is 2. The van der Waals surface area contributed by atoms with E-state index in [1.54, 1.807) is 0 Å². The second-order valence-electron chi connectivity index (χ2n) is 11.0. The van der Waals surface area contributed by atoms with Gasteiger partial charge < -0.3 is 25.7 Å². The van der Waals surface area contributed by atoms with E-state index in [1.165, 1.54) is 37.8 Å². The highest BCUT2D eigenvalue weighted by Crippen LogP contribution is 2.26. The second kappa shape index (κ2) is 17.3. The summed E-state index contributed by atoms with van der Waals surface area (Å²) in [5.74, 6) is -4.80. The Balaban J connectivity index is 0.000000376. The van der Waals surface area contributed by atoms with Gasteiger partial charge in [-0.25, -0.2) is 19.6 Å². The molecule has 3 atom stereocenters. The van der Waals surface area contributed by atoms with Crippen LogP contribution in [0.15, 0.2) is 66.9 Å². The molecule has 10 nitrogen and oxygen atoms in total. The van der Waals surface area contributed by atoms with Gasteiger partial charge in [-0.05, 0) is 56.0 Å². The summed E-state index contributed by atoms with van der Waals surface area (Å²) in [5.41, 5.74) is 3.97. The van der Waals surface area contributed by atoms with Gasteiger partial charge in [-0.3, -0.25) is 0 Å². The Kier molecular flexibility index (Phi) is 13.5. The normalized spacial score (nSPS) is 19.4. The first kappa shape index (κ1) is 37.5. The van der Waals surface area contributed by atoms with Gasteiger partial charge in [0.25, 0.3) is 0 Å². The van der Waals surface area contributed by atoms with Crippen molar-refractivity contribution in [1.82, 2.24) is 15.3 Å². The van der Waals surface area contributed by atoms with Crippen molar-refractivity contribution in [3.05, 3.63) is 72.4 Å². The Morgan fingerprint density at radius 2 is 1.42 bits per heavy atom. The minimum Gasteiger partial charge on any atom is -0.475 e. The van der Waals surface area contributed by atoms with Gasteiger partial charge >= 0.3 is 24.3 Å². The largest absolute Gasteiger partial charge is 0.490 e. The predicted octanol–water partition coefficient (Wildman–Crippen LogP) is 6.26. The maximum Gasteiger partial charge on any atom is 0.490 e. The van der Waals surface area contributed by atoms with E-state index < -0.39 is 24.3 Å². The summed E-state index contributed by atoms with van der Waals surface area (Å²) in [4.78, 5) is 29.6. The lowest BCUT2D eigenvalue weighted by Gasteiger charge is -2.40. The summed E-state index contributed by atoms with van der Waals surface area (Å²) in [6.45, 7) is 2.06. The minimum atomic E-state index is -5.08. The average Bonchev–Trinajstić information content (AvgIpc) is 3.06. The highest BCUT2D eigenvalue weighted by molar-refractivity contribution is 5.73. The molecule has 0 unspecified atom stereocenters. The number of carboxylic acid groups (broad SMARTS) is 2. The van der Waals surface area contributed by atoms with E-state index in [0.717, 1.165) is 30.8 Å². The topological polar surface area (TPSA) is 151 Å². The van der Waals surface area contributed by atoms with Crippen molar-refractivity contribution >= 4 is 23.6 Å². The minimum absolute atomic E-state index is 0.324. The van der Waals surface area contributed by atoms with Gasteiger partial charge in [-0.2, -0.15) is 31.6 Å². The van der Waals surface area contributed by atoms with E-state index in [4.69, 9.17) is 30.0 Å². The van der Waals surface area contributed by atoms with E-state index in [0.29, 0.717) is 29.6 Å². The quantitative estimate of drug-likeness (QED) is 0.220. The number of aliphatic carboxylic acids is 2. The van der Waals surface area contributed by atoms with Crippen LogP contribution in [0.1, 0.15) is 44.1 Å². The number of nitrogens with zero attached hydrogens (tertiary/aromatic N) is 4. The Morgan fingerprint density at radius 1 is 0.833 bits per heavy atom. The summed E-state index contributed by atoms with van der Waals surface area (Å²) in [7, 11) is 0. The summed E-state index contributed by atoms with van der Waals surface area (Å²) in [5, 5.41) is 31.0. The summed E-state index contributed by atoms with van der Waals surface area (Å²) in [6.07, 6.45) is -1.17. The number of nitrogens with one attached hydrogen (secondary N) is 2. The third kappa shape index (κ3) is 12.0. The molecule has 5 rings (SSSR count). The standard InChI is InChI=1S/C28H32N6.2C2HF3O2/c29-19-21-12-14-24(15-13-21)34-18-6-9-23(20-34)31-26-10-4-5-11-27(26)33-28-30-17-16-25(32-28)22-7-2-1-3-8-22;2*3-2(4,5)1(6)7/h1-3,7-8,12-17,23,26-27,31H,4-6,9-11,18,20H2,(H,30,32,33);2*(H,6,7)/t23-,26+,27+;;/m0../s1. The van der Waals surface area contributed by atoms with Crippen molar-refractivity contribution < 1.29 is 46.1 Å². The maximum absolute atomic E-state index is 10.6. The fourth-order valence-corrected chi connectivity index (χ4v) is 5.26. The molecule has 0 amide bonds. The molecule has 4 N–H and O–H groups in total. The zero-order valence-corrected chi connectivity index (χ0v) is 25.5. The number of alkyl halides is 6. The monoisotopic (exact) mass is 680 g/mol. The molecule has 2 fully saturated rings. The Morgan fingerprint density at radius 3 is 1.98 bits per heavy atom. The number of benzene rings is 2. The predicted molar refractivity (Wildman–Crippen MR) is 164 cm³/mol. The van der Waals surface area contributed by atoms with Crippen LogP contribution in [0.2, 0.25) is 0 Å². The van der Waals surface area contributed by atoms with Gasteiger partial charge in [0, 0.05) is 48.7 Å². The SMILES string of the molecule is N#Cc1ccc(N2CCC[C@H](N[C@@H]3CCCC[C@H]3Nc3nccc(-c4ccccc4)n3)C2)cc1.O=C(O)C(F)(F)F.O=C(O)C(F)(F)F. The number of halogens is 6. The molecule has 0 spiro atoms. The van der Waals surface area contributed by atoms with Crippen molar-refractivity contribution in [2.75, 3.05) is 23.3 Å². The zero-order chi connectivity index (χ0) is 35.3. The summed E-state index contributed by atoms with van der Waals surface area (Å²) < 4.78 is 63.5. The van der Waals surface area contributed by atoms with E-state index in [9.17, 15) is 26.3 Å². The molecule has 2 aromatic carbocycles. The van der Waals surface area contributed by atoms with Crippen LogP contribution in [-0.4, -0.2) is 75.7 Å². The van der Waals surface area contributed by atoms with Crippen molar-refractivity contribution in [2.24, 2.45) is 0 Å². The number of hydrogen-bond donors (Lipinski definition) is 4. The van der Waals surface area contributed by atoms with E-state index in [1.807, 2.05) is 42.6 Å². The molecule has 2 heterocycles. The van der Waals surface area contributed by atoms with Crippen LogP contribution in [0.3, 0.4) is 0 Å². The molecule has 0 radical (unpaired) electrons. The molecule has 16 heteroatoms. The summed E-state index contributed by atoms with van der Waals surface area (Å²) >= 11 is 0. The van der Waals surface area contributed by atoms with Crippen LogP contribution in [0, 0.1) is 11.3 Å². The van der Waals surface area contributed by atoms with Gasteiger partial charge in [0.1, 0.15) is 0 Å². The van der Waals surface area contributed by atoms with Crippen molar-refractivity contribution in [3.63, 3.8) is 0 Å². The Labute approximate surface area is 272 Å². The van der Waals surface area contributed by atoms with Crippen LogP contribution in [0.25, 0.3) is 11.3 Å². The molecule has 0 bridgehead atoms. The number of nitriles is 1. The molecule has 1 aliphatic carbocycles. The first-order valence-electron chi connectivity index (χ1n) is 14.9. The number of aromatic nitrogens is 2. The van der Waals surface area contributed by atoms with Gasteiger partial charge in [0.05, 0.1) is 17.3 Å². The van der Waals surface area contributed by atoms with Crippen LogP contribution in [0.5, 0.6) is 0 Å². The lowest BCUT2D eigenvalue weighted by Crippen LogP contribution is -2.55. The zero-order valence-electron chi connectivity index (χ0n) is 25.5. The van der Waals surface area contributed by atoms with Crippen LogP contribution < -0.4 is 15.5 Å². The van der Waals surface area contributed by atoms with Gasteiger partial charge in [-0.15, -0.1) is 0 Å². The third-order valence-corrected chi connectivity index (χ3v) is 7.52. The molecule has 1 saturated carbocycles. The molecule has 2 aliphatic rings.